The Kier molecular flexibility index (Phi) is 4.41. The molecular weight excluding hydrogens is 300 g/mol. The Balaban J connectivity index is 1.93. The van der Waals surface area contributed by atoms with E-state index >= 15 is 0 Å². The summed E-state index contributed by atoms with van der Waals surface area (Å²) in [5, 5.41) is 0. The van der Waals surface area contributed by atoms with Crippen molar-refractivity contribution in [2.75, 3.05) is 11.4 Å². The van der Waals surface area contributed by atoms with Gasteiger partial charge in [-0.05, 0) is 38.3 Å². The zero-order valence-corrected chi connectivity index (χ0v) is 13.0. The van der Waals surface area contributed by atoms with Crippen molar-refractivity contribution in [3.63, 3.8) is 0 Å². The second-order valence-electron chi connectivity index (χ2n) is 5.98. The average Bonchev–Trinajstić information content (AvgIpc) is 2.51. The number of piperidine rings is 1. The van der Waals surface area contributed by atoms with Gasteiger partial charge in [0.2, 0.25) is 5.95 Å². The molecule has 1 aromatic carbocycles. The van der Waals surface area contributed by atoms with Crippen molar-refractivity contribution in [1.29, 1.82) is 0 Å². The first kappa shape index (κ1) is 15.6. The molecule has 0 saturated carbocycles. The molecule has 1 saturated heterocycles. The summed E-state index contributed by atoms with van der Waals surface area (Å²) in [4.78, 5) is 21.1. The van der Waals surface area contributed by atoms with Gasteiger partial charge in [0.25, 0.3) is 5.56 Å². The van der Waals surface area contributed by atoms with Crippen LogP contribution in [-0.2, 0) is 6.42 Å². The molecule has 2 heterocycles. The second-order valence-corrected chi connectivity index (χ2v) is 5.98. The SMILES string of the molecule is CC1CCCCN1c1nc(Cc2c(F)cccc2F)cc(=O)[nH]1. The number of H-pyrrole nitrogens is 1. The van der Waals surface area contributed by atoms with Crippen LogP contribution in [0.4, 0.5) is 14.7 Å². The van der Waals surface area contributed by atoms with E-state index in [9.17, 15) is 13.6 Å². The smallest absolute Gasteiger partial charge is 0.252 e. The Morgan fingerprint density at radius 3 is 2.74 bits per heavy atom. The maximum Gasteiger partial charge on any atom is 0.252 e. The summed E-state index contributed by atoms with van der Waals surface area (Å²) in [6, 6.07) is 5.31. The van der Waals surface area contributed by atoms with Gasteiger partial charge < -0.3 is 4.90 Å². The second kappa shape index (κ2) is 6.48. The topological polar surface area (TPSA) is 49.0 Å². The Morgan fingerprint density at radius 2 is 2.04 bits per heavy atom. The molecule has 1 atom stereocenters. The van der Waals surface area contributed by atoms with Gasteiger partial charge in [-0.3, -0.25) is 9.78 Å². The summed E-state index contributed by atoms with van der Waals surface area (Å²) in [7, 11) is 0. The fourth-order valence-electron chi connectivity index (χ4n) is 3.02. The molecule has 23 heavy (non-hydrogen) atoms. The average molecular weight is 319 g/mol. The number of benzene rings is 1. The first-order valence-electron chi connectivity index (χ1n) is 7.84. The highest BCUT2D eigenvalue weighted by molar-refractivity contribution is 5.34. The molecule has 0 aliphatic carbocycles. The number of aromatic amines is 1. The van der Waals surface area contributed by atoms with Crippen LogP contribution < -0.4 is 10.5 Å². The van der Waals surface area contributed by atoms with Crippen molar-refractivity contribution in [2.45, 2.75) is 38.6 Å². The van der Waals surface area contributed by atoms with Gasteiger partial charge in [0.05, 0.1) is 5.69 Å². The van der Waals surface area contributed by atoms with Gasteiger partial charge in [-0.1, -0.05) is 6.07 Å². The van der Waals surface area contributed by atoms with E-state index in [-0.39, 0.29) is 23.6 Å². The van der Waals surface area contributed by atoms with Crippen LogP contribution in [0.2, 0.25) is 0 Å². The largest absolute Gasteiger partial charge is 0.340 e. The maximum atomic E-state index is 13.8. The number of aromatic nitrogens is 2. The van der Waals surface area contributed by atoms with Gasteiger partial charge in [0.15, 0.2) is 0 Å². The normalized spacial score (nSPS) is 18.2. The minimum Gasteiger partial charge on any atom is -0.340 e. The summed E-state index contributed by atoms with van der Waals surface area (Å²) in [6.07, 6.45) is 3.19. The van der Waals surface area contributed by atoms with E-state index in [2.05, 4.69) is 16.9 Å². The standard InChI is InChI=1S/C17H19F2N3O/c1-11-5-2-3-8-22(11)17-20-12(10-16(23)21-17)9-13-14(18)6-4-7-15(13)19/h4,6-7,10-11H,2-3,5,8-9H2,1H3,(H,20,21,23). The molecule has 0 spiro atoms. The van der Waals surface area contributed by atoms with Crippen molar-refractivity contribution < 1.29 is 8.78 Å². The number of anilines is 1. The van der Waals surface area contributed by atoms with E-state index in [1.165, 1.54) is 24.3 Å². The quantitative estimate of drug-likeness (QED) is 0.946. The molecule has 1 fully saturated rings. The Bertz CT molecular complexity index is 739. The zero-order chi connectivity index (χ0) is 16.4. The van der Waals surface area contributed by atoms with Crippen LogP contribution in [0.15, 0.2) is 29.1 Å². The van der Waals surface area contributed by atoms with E-state index in [0.29, 0.717) is 11.6 Å². The molecule has 1 aliphatic heterocycles. The Morgan fingerprint density at radius 1 is 1.30 bits per heavy atom. The van der Waals surface area contributed by atoms with Gasteiger partial charge in [-0.25, -0.2) is 13.8 Å². The summed E-state index contributed by atoms with van der Waals surface area (Å²) in [6.45, 7) is 2.91. The van der Waals surface area contributed by atoms with Crippen LogP contribution >= 0.6 is 0 Å². The molecule has 0 bridgehead atoms. The van der Waals surface area contributed by atoms with Crippen molar-refractivity contribution >= 4 is 5.95 Å². The van der Waals surface area contributed by atoms with Crippen LogP contribution in [0.25, 0.3) is 0 Å². The van der Waals surface area contributed by atoms with Gasteiger partial charge in [-0.2, -0.15) is 0 Å². The molecule has 2 aromatic rings. The van der Waals surface area contributed by atoms with Gasteiger partial charge in [0.1, 0.15) is 11.6 Å². The van der Waals surface area contributed by atoms with Crippen molar-refractivity contribution in [2.24, 2.45) is 0 Å². The fourth-order valence-corrected chi connectivity index (χ4v) is 3.02. The van der Waals surface area contributed by atoms with Gasteiger partial charge >= 0.3 is 0 Å². The number of hydrogen-bond acceptors (Lipinski definition) is 3. The first-order valence-corrected chi connectivity index (χ1v) is 7.84. The van der Waals surface area contributed by atoms with Crippen LogP contribution in [0, 0.1) is 11.6 Å². The molecule has 4 nitrogen and oxygen atoms in total. The third-order valence-electron chi connectivity index (χ3n) is 4.28. The molecule has 0 radical (unpaired) electrons. The molecule has 1 aliphatic rings. The lowest BCUT2D eigenvalue weighted by Gasteiger charge is -2.33. The molecule has 1 N–H and O–H groups in total. The van der Waals surface area contributed by atoms with Gasteiger partial charge in [-0.15, -0.1) is 0 Å². The third-order valence-corrected chi connectivity index (χ3v) is 4.28. The van der Waals surface area contributed by atoms with Crippen LogP contribution in [-0.4, -0.2) is 22.6 Å². The zero-order valence-electron chi connectivity index (χ0n) is 13.0. The first-order chi connectivity index (χ1) is 11.0. The van der Waals surface area contributed by atoms with E-state index in [0.717, 1.165) is 25.8 Å². The van der Waals surface area contributed by atoms with E-state index in [1.807, 2.05) is 4.90 Å². The minimum absolute atomic E-state index is 0.0440. The van der Waals surface area contributed by atoms with E-state index in [4.69, 9.17) is 0 Å². The highest BCUT2D eigenvalue weighted by atomic mass is 19.1. The van der Waals surface area contributed by atoms with Crippen LogP contribution in [0.5, 0.6) is 0 Å². The highest BCUT2D eigenvalue weighted by Gasteiger charge is 2.21. The van der Waals surface area contributed by atoms with Crippen LogP contribution in [0.1, 0.15) is 37.4 Å². The number of nitrogens with one attached hydrogen (secondary N) is 1. The Hall–Kier alpha value is -2.24. The fraction of sp³-hybridized carbons (Fsp3) is 0.412. The summed E-state index contributed by atoms with van der Waals surface area (Å²) in [5.41, 5.74) is -0.00622. The third kappa shape index (κ3) is 3.41. The van der Waals surface area contributed by atoms with E-state index < -0.39 is 11.6 Å². The van der Waals surface area contributed by atoms with E-state index in [1.54, 1.807) is 0 Å². The lowest BCUT2D eigenvalue weighted by molar-refractivity contribution is 0.476. The molecule has 122 valence electrons. The highest BCUT2D eigenvalue weighted by Crippen LogP contribution is 2.22. The summed E-state index contributed by atoms with van der Waals surface area (Å²) in [5.74, 6) is -0.767. The molecule has 1 aromatic heterocycles. The number of hydrogen-bond donors (Lipinski definition) is 1. The van der Waals surface area contributed by atoms with Gasteiger partial charge in [0, 0.05) is 30.6 Å². The van der Waals surface area contributed by atoms with Crippen LogP contribution in [0.3, 0.4) is 0 Å². The number of rotatable bonds is 3. The Labute approximate surface area is 133 Å². The molecule has 0 amide bonds. The number of halogens is 2. The maximum absolute atomic E-state index is 13.8. The molecule has 3 rings (SSSR count). The molecular formula is C17H19F2N3O. The summed E-state index contributed by atoms with van der Waals surface area (Å²) < 4.78 is 27.6. The predicted molar refractivity (Wildman–Crippen MR) is 84.7 cm³/mol. The predicted octanol–water partition coefficient (Wildman–Crippen LogP) is 3.02. The lowest BCUT2D eigenvalue weighted by Crippen LogP contribution is -2.39. The van der Waals surface area contributed by atoms with Crippen molar-refractivity contribution in [3.8, 4) is 0 Å². The summed E-state index contributed by atoms with van der Waals surface area (Å²) >= 11 is 0. The lowest BCUT2D eigenvalue weighted by atomic mass is 10.0. The minimum atomic E-state index is -0.625. The van der Waals surface area contributed by atoms with Crippen molar-refractivity contribution in [3.05, 3.63) is 57.5 Å². The molecule has 6 heteroatoms. The van der Waals surface area contributed by atoms with Crippen molar-refractivity contribution in [1.82, 2.24) is 9.97 Å². The number of nitrogens with zero attached hydrogens (tertiary/aromatic N) is 2. The monoisotopic (exact) mass is 319 g/mol. The molecule has 1 unspecified atom stereocenters.